The van der Waals surface area contributed by atoms with E-state index < -0.39 is 44.2 Å². The number of carbonyl (C=O) groups is 1. The van der Waals surface area contributed by atoms with Crippen LogP contribution in [0, 0.1) is 17.8 Å². The van der Waals surface area contributed by atoms with E-state index in [-0.39, 0.29) is 23.8 Å². The van der Waals surface area contributed by atoms with Crippen LogP contribution in [0.4, 0.5) is 26.3 Å². The van der Waals surface area contributed by atoms with Crippen LogP contribution in [0.5, 0.6) is 0 Å². The SMILES string of the molecule is CO[Si](OC)(OC)C1CC2CC1CC2C(=O)OC(C)(C)C(O)(C(F)(F)F)C(F)(F)F. The van der Waals surface area contributed by atoms with Crippen molar-refractivity contribution in [2.45, 2.75) is 62.2 Å². The number of hydrogen-bond acceptors (Lipinski definition) is 6. The summed E-state index contributed by atoms with van der Waals surface area (Å²) in [5, 5.41) is 9.61. The van der Waals surface area contributed by atoms with Gasteiger partial charge in [-0.1, -0.05) is 0 Å². The quantitative estimate of drug-likeness (QED) is 0.351. The highest BCUT2D eigenvalue weighted by molar-refractivity contribution is 6.62. The average molecular weight is 468 g/mol. The highest BCUT2D eigenvalue weighted by atomic mass is 28.4. The fourth-order valence-electron chi connectivity index (χ4n) is 4.95. The van der Waals surface area contributed by atoms with Gasteiger partial charge in [0.15, 0.2) is 5.60 Å². The summed E-state index contributed by atoms with van der Waals surface area (Å²) in [7, 11) is 1.30. The van der Waals surface area contributed by atoms with E-state index >= 15 is 0 Å². The van der Waals surface area contributed by atoms with Crippen molar-refractivity contribution < 1.29 is 54.3 Å². The number of fused-ring (bicyclic) bond motifs is 2. The van der Waals surface area contributed by atoms with Crippen LogP contribution in [0.2, 0.25) is 5.54 Å². The number of rotatable bonds is 7. The number of hydrogen-bond donors (Lipinski definition) is 1. The monoisotopic (exact) mass is 468 g/mol. The molecule has 0 radical (unpaired) electrons. The molecule has 2 aliphatic carbocycles. The molecule has 0 saturated heterocycles. The summed E-state index contributed by atoms with van der Waals surface area (Å²) in [6.07, 6.45) is -11.1. The van der Waals surface area contributed by atoms with Crippen LogP contribution in [0.15, 0.2) is 0 Å². The van der Waals surface area contributed by atoms with E-state index in [0.717, 1.165) is 0 Å². The number of esters is 1. The van der Waals surface area contributed by atoms with E-state index in [1.54, 1.807) is 0 Å². The number of carbonyl (C=O) groups excluding carboxylic acids is 1. The normalized spacial score (nSPS) is 28.1. The largest absolute Gasteiger partial charge is 0.503 e. The Labute approximate surface area is 171 Å². The van der Waals surface area contributed by atoms with Crippen molar-refractivity contribution >= 4 is 14.8 Å². The lowest BCUT2D eigenvalue weighted by atomic mass is 9.83. The maximum absolute atomic E-state index is 13.2. The molecule has 0 aliphatic heterocycles. The van der Waals surface area contributed by atoms with Gasteiger partial charge in [0.05, 0.1) is 5.92 Å². The number of alkyl halides is 6. The van der Waals surface area contributed by atoms with Crippen molar-refractivity contribution in [2.75, 3.05) is 21.3 Å². The highest BCUT2D eigenvalue weighted by Crippen LogP contribution is 2.59. The summed E-state index contributed by atoms with van der Waals surface area (Å²) in [4.78, 5) is 12.6. The molecule has 0 aromatic heterocycles. The van der Waals surface area contributed by atoms with E-state index in [1.165, 1.54) is 21.3 Å². The van der Waals surface area contributed by atoms with E-state index in [0.29, 0.717) is 26.7 Å². The zero-order valence-electron chi connectivity index (χ0n) is 17.2. The van der Waals surface area contributed by atoms with Gasteiger partial charge < -0.3 is 23.1 Å². The van der Waals surface area contributed by atoms with Crippen LogP contribution in [0.1, 0.15) is 33.1 Å². The molecule has 4 unspecified atom stereocenters. The van der Waals surface area contributed by atoms with Crippen LogP contribution in [-0.4, -0.2) is 64.8 Å². The van der Waals surface area contributed by atoms with Crippen molar-refractivity contribution in [3.05, 3.63) is 0 Å². The Morgan fingerprint density at radius 2 is 1.33 bits per heavy atom. The Morgan fingerprint density at radius 3 is 1.67 bits per heavy atom. The molecule has 2 aliphatic rings. The first-order valence-electron chi connectivity index (χ1n) is 9.25. The van der Waals surface area contributed by atoms with Gasteiger partial charge in [0, 0.05) is 26.9 Å². The second kappa shape index (κ2) is 7.91. The molecule has 13 heteroatoms. The summed E-state index contributed by atoms with van der Waals surface area (Å²) in [6.45, 7) is 0.807. The third-order valence-electron chi connectivity index (χ3n) is 6.51. The van der Waals surface area contributed by atoms with Crippen LogP contribution in [0.3, 0.4) is 0 Å². The van der Waals surface area contributed by atoms with E-state index in [2.05, 4.69) is 4.74 Å². The van der Waals surface area contributed by atoms with Gasteiger partial charge in [0.25, 0.3) is 5.60 Å². The van der Waals surface area contributed by atoms with Gasteiger partial charge in [0.2, 0.25) is 0 Å². The van der Waals surface area contributed by atoms with Gasteiger partial charge in [0.1, 0.15) is 0 Å². The zero-order valence-corrected chi connectivity index (χ0v) is 18.2. The lowest BCUT2D eigenvalue weighted by Gasteiger charge is -2.44. The summed E-state index contributed by atoms with van der Waals surface area (Å²) in [5.41, 5.74) is -8.64. The fraction of sp³-hybridized carbons (Fsp3) is 0.941. The Bertz CT molecular complexity index is 625. The molecule has 0 heterocycles. The minimum atomic E-state index is -6.10. The Hall–Kier alpha value is -0.893. The van der Waals surface area contributed by atoms with Crippen molar-refractivity contribution in [1.82, 2.24) is 0 Å². The molecule has 176 valence electrons. The molecule has 2 saturated carbocycles. The molecule has 4 atom stereocenters. The lowest BCUT2D eigenvalue weighted by Crippen LogP contribution is -2.70. The van der Waals surface area contributed by atoms with Crippen molar-refractivity contribution in [3.63, 3.8) is 0 Å². The van der Waals surface area contributed by atoms with E-state index in [1.807, 2.05) is 0 Å². The molecule has 2 bridgehead atoms. The molecule has 30 heavy (non-hydrogen) atoms. The van der Waals surface area contributed by atoms with Crippen molar-refractivity contribution in [3.8, 4) is 0 Å². The van der Waals surface area contributed by atoms with Crippen molar-refractivity contribution in [1.29, 1.82) is 0 Å². The van der Waals surface area contributed by atoms with Crippen LogP contribution >= 0.6 is 0 Å². The number of aliphatic hydroxyl groups is 1. The minimum absolute atomic E-state index is 0.105. The smallest absolute Gasteiger partial charge is 0.456 e. The van der Waals surface area contributed by atoms with Crippen LogP contribution in [-0.2, 0) is 22.8 Å². The summed E-state index contributed by atoms with van der Waals surface area (Å²) in [5.74, 6) is -2.50. The van der Waals surface area contributed by atoms with E-state index in [9.17, 15) is 36.2 Å². The minimum Gasteiger partial charge on any atom is -0.456 e. The fourth-order valence-corrected chi connectivity index (χ4v) is 7.80. The summed E-state index contributed by atoms with van der Waals surface area (Å²) in [6, 6.07) is 0. The number of ether oxygens (including phenoxy) is 1. The molecule has 6 nitrogen and oxygen atoms in total. The molecule has 1 N–H and O–H groups in total. The first-order chi connectivity index (χ1) is 13.5. The lowest BCUT2D eigenvalue weighted by molar-refractivity contribution is -0.407. The molecule has 0 spiro atoms. The van der Waals surface area contributed by atoms with Gasteiger partial charge in [-0.3, -0.25) is 4.79 Å². The zero-order chi connectivity index (χ0) is 23.3. The number of halogens is 6. The van der Waals surface area contributed by atoms with Crippen LogP contribution in [0.25, 0.3) is 0 Å². The average Bonchev–Trinajstić information content (AvgIpc) is 3.22. The Kier molecular flexibility index (Phi) is 6.69. The molecule has 0 aromatic rings. The molecular weight excluding hydrogens is 442 g/mol. The predicted molar refractivity (Wildman–Crippen MR) is 92.1 cm³/mol. The molecule has 0 amide bonds. The van der Waals surface area contributed by atoms with Gasteiger partial charge in [-0.15, -0.1) is 0 Å². The van der Waals surface area contributed by atoms with Gasteiger partial charge in [-0.05, 0) is 44.9 Å². The highest BCUT2D eigenvalue weighted by Gasteiger charge is 2.79. The second-order valence-corrected chi connectivity index (χ2v) is 11.5. The molecular formula is C17H26F6O6Si. The Balaban J connectivity index is 2.19. The standard InChI is InChI=1S/C17H26F6O6Si/c1-14(2,15(25,16(18,19)20)17(21,22)23)29-13(24)11-7-10-6-9(11)8-12(10)30(26-3,27-4)28-5/h9-12,25H,6-8H2,1-5H3. The van der Waals surface area contributed by atoms with E-state index in [4.69, 9.17) is 13.3 Å². The summed E-state index contributed by atoms with van der Waals surface area (Å²) >= 11 is 0. The predicted octanol–water partition coefficient (Wildman–Crippen LogP) is 3.46. The molecule has 2 rings (SSSR count). The molecule has 2 fully saturated rings. The van der Waals surface area contributed by atoms with Gasteiger partial charge in [-0.25, -0.2) is 0 Å². The van der Waals surface area contributed by atoms with Crippen molar-refractivity contribution in [2.24, 2.45) is 17.8 Å². The molecule has 0 aromatic carbocycles. The third kappa shape index (κ3) is 3.76. The first kappa shape index (κ1) is 25.4. The Morgan fingerprint density at radius 1 is 0.867 bits per heavy atom. The third-order valence-corrected chi connectivity index (χ3v) is 9.84. The maximum Gasteiger partial charge on any atom is 0.503 e. The van der Waals surface area contributed by atoms with Gasteiger partial charge >= 0.3 is 27.1 Å². The van der Waals surface area contributed by atoms with Gasteiger partial charge in [-0.2, -0.15) is 26.3 Å². The second-order valence-electron chi connectivity index (χ2n) is 8.29. The maximum atomic E-state index is 13.2. The summed E-state index contributed by atoms with van der Waals surface area (Å²) < 4.78 is 100. The first-order valence-corrected chi connectivity index (χ1v) is 11.1. The van der Waals surface area contributed by atoms with Crippen LogP contribution < -0.4 is 0 Å². The topological polar surface area (TPSA) is 74.2 Å².